The summed E-state index contributed by atoms with van der Waals surface area (Å²) in [6, 6.07) is 4.98. The number of aliphatic hydroxyl groups excluding tert-OH is 1. The highest BCUT2D eigenvalue weighted by atomic mass is 16.5. The monoisotopic (exact) mass is 358 g/mol. The van der Waals surface area contributed by atoms with E-state index in [2.05, 4.69) is 10.4 Å². The van der Waals surface area contributed by atoms with Crippen molar-refractivity contribution >= 4 is 17.3 Å². The van der Waals surface area contributed by atoms with Crippen molar-refractivity contribution in [3.05, 3.63) is 44.5 Å². The van der Waals surface area contributed by atoms with Crippen LogP contribution in [0, 0.1) is 5.92 Å². The van der Waals surface area contributed by atoms with E-state index in [4.69, 9.17) is 4.74 Å². The molecule has 1 aromatic carbocycles. The maximum absolute atomic E-state index is 12.9. The number of rotatable bonds is 2. The van der Waals surface area contributed by atoms with Gasteiger partial charge in [-0.15, -0.1) is 0 Å². The smallest absolute Gasteiger partial charge is 0.308 e. The number of aliphatic hydroxyl groups is 1. The van der Waals surface area contributed by atoms with Crippen molar-refractivity contribution in [2.24, 2.45) is 13.0 Å². The molecule has 3 N–H and O–H groups in total. The Labute approximate surface area is 147 Å². The number of nitrogens with one attached hydrogen (secondary N) is 2. The van der Waals surface area contributed by atoms with Gasteiger partial charge in [0.1, 0.15) is 0 Å². The molecule has 1 amide bonds. The molecule has 0 spiro atoms. The van der Waals surface area contributed by atoms with E-state index >= 15 is 0 Å². The van der Waals surface area contributed by atoms with Crippen LogP contribution >= 0.6 is 0 Å². The maximum Gasteiger partial charge on any atom is 0.308 e. The van der Waals surface area contributed by atoms with Gasteiger partial charge in [-0.25, -0.2) is 0 Å². The highest BCUT2D eigenvalue weighted by Gasteiger charge is 2.31. The Kier molecular flexibility index (Phi) is 3.80. The molecule has 1 saturated heterocycles. The van der Waals surface area contributed by atoms with Crippen molar-refractivity contribution in [2.45, 2.75) is 6.42 Å². The molecule has 0 aliphatic carbocycles. The van der Waals surface area contributed by atoms with E-state index in [1.165, 1.54) is 7.05 Å². The third kappa shape index (κ3) is 2.48. The topological polar surface area (TPSA) is 117 Å². The molecule has 2 aliphatic heterocycles. The first kappa shape index (κ1) is 16.4. The first-order valence-corrected chi connectivity index (χ1v) is 8.31. The molecule has 0 saturated carbocycles. The Bertz CT molecular complexity index is 1010. The van der Waals surface area contributed by atoms with Gasteiger partial charge in [-0.05, 0) is 18.6 Å². The SMILES string of the molecule is Cn1[nH]c(=O)c2c(c1=O)Nc1cccc(C(=O)N3CC[C@H](CO)C3)c1O2. The molecule has 2 aromatic rings. The van der Waals surface area contributed by atoms with Gasteiger partial charge < -0.3 is 20.1 Å². The molecular formula is C17H18N4O5. The van der Waals surface area contributed by atoms with Crippen molar-refractivity contribution in [2.75, 3.05) is 25.0 Å². The van der Waals surface area contributed by atoms with Gasteiger partial charge in [0.25, 0.3) is 11.5 Å². The van der Waals surface area contributed by atoms with Crippen LogP contribution in [-0.4, -0.2) is 45.4 Å². The van der Waals surface area contributed by atoms with Crippen LogP contribution in [-0.2, 0) is 7.05 Å². The van der Waals surface area contributed by atoms with Gasteiger partial charge in [-0.3, -0.25) is 24.2 Å². The fourth-order valence-electron chi connectivity index (χ4n) is 3.33. The number of amides is 1. The Morgan fingerprint density at radius 3 is 2.88 bits per heavy atom. The molecule has 3 heterocycles. The van der Waals surface area contributed by atoms with Crippen LogP contribution in [0.2, 0.25) is 0 Å². The molecule has 9 heteroatoms. The molecule has 0 bridgehead atoms. The number of aromatic nitrogens is 2. The predicted octanol–water partition coefficient (Wildman–Crippen LogP) is 0.377. The van der Waals surface area contributed by atoms with E-state index in [9.17, 15) is 19.5 Å². The predicted molar refractivity (Wildman–Crippen MR) is 93.2 cm³/mol. The fourth-order valence-corrected chi connectivity index (χ4v) is 3.33. The number of aromatic amines is 1. The van der Waals surface area contributed by atoms with E-state index in [1.807, 2.05) is 0 Å². The average molecular weight is 358 g/mol. The van der Waals surface area contributed by atoms with Gasteiger partial charge in [0.15, 0.2) is 11.4 Å². The van der Waals surface area contributed by atoms with Crippen molar-refractivity contribution < 1.29 is 14.6 Å². The van der Waals surface area contributed by atoms with Gasteiger partial charge >= 0.3 is 5.56 Å². The van der Waals surface area contributed by atoms with E-state index in [0.717, 1.165) is 11.1 Å². The number of para-hydroxylation sites is 1. The molecule has 1 aromatic heterocycles. The number of ether oxygens (including phenoxy) is 1. The zero-order valence-corrected chi connectivity index (χ0v) is 14.1. The van der Waals surface area contributed by atoms with Crippen LogP contribution in [0.1, 0.15) is 16.8 Å². The Morgan fingerprint density at radius 2 is 2.15 bits per heavy atom. The van der Waals surface area contributed by atoms with Crippen molar-refractivity contribution in [3.8, 4) is 11.5 Å². The summed E-state index contributed by atoms with van der Waals surface area (Å²) in [6.45, 7) is 1.07. The second-order valence-electron chi connectivity index (χ2n) is 6.51. The third-order valence-electron chi connectivity index (χ3n) is 4.76. The fraction of sp³-hybridized carbons (Fsp3) is 0.353. The summed E-state index contributed by atoms with van der Waals surface area (Å²) in [4.78, 5) is 38.9. The minimum absolute atomic E-state index is 0.0369. The summed E-state index contributed by atoms with van der Waals surface area (Å²) < 4.78 is 6.76. The second kappa shape index (κ2) is 6.03. The molecule has 9 nitrogen and oxygen atoms in total. The number of carbonyl (C=O) groups is 1. The molecule has 0 unspecified atom stereocenters. The molecule has 136 valence electrons. The summed E-state index contributed by atoms with van der Waals surface area (Å²) in [5, 5.41) is 14.6. The van der Waals surface area contributed by atoms with Crippen LogP contribution in [0.15, 0.2) is 27.8 Å². The van der Waals surface area contributed by atoms with Gasteiger partial charge in [0.05, 0.1) is 11.3 Å². The average Bonchev–Trinajstić information content (AvgIpc) is 3.13. The van der Waals surface area contributed by atoms with E-state index in [1.54, 1.807) is 23.1 Å². The summed E-state index contributed by atoms with van der Waals surface area (Å²) in [5.41, 5.74) is -0.213. The first-order valence-electron chi connectivity index (χ1n) is 8.31. The molecule has 4 rings (SSSR count). The number of hydrogen-bond donors (Lipinski definition) is 3. The van der Waals surface area contributed by atoms with Crippen LogP contribution in [0.25, 0.3) is 0 Å². The lowest BCUT2D eigenvalue weighted by Gasteiger charge is -2.24. The number of anilines is 2. The number of aryl methyl sites for hydroxylation is 1. The lowest BCUT2D eigenvalue weighted by atomic mass is 10.1. The minimum atomic E-state index is -0.566. The number of benzene rings is 1. The Morgan fingerprint density at radius 1 is 1.35 bits per heavy atom. The van der Waals surface area contributed by atoms with Gasteiger partial charge in [-0.1, -0.05) is 6.07 Å². The van der Waals surface area contributed by atoms with Crippen molar-refractivity contribution in [1.82, 2.24) is 14.7 Å². The molecule has 1 fully saturated rings. The minimum Gasteiger partial charge on any atom is -0.446 e. The number of fused-ring (bicyclic) bond motifs is 2. The largest absolute Gasteiger partial charge is 0.446 e. The standard InChI is InChI=1S/C17H18N4O5/c1-20-17(25)12-14(15(23)19-20)26-13-10(3-2-4-11(13)18-12)16(24)21-6-5-9(7-21)8-22/h2-4,9,18,22H,5-8H2,1H3,(H,19,23)/t9-/m0/s1. The highest BCUT2D eigenvalue weighted by molar-refractivity contribution is 6.00. The maximum atomic E-state index is 12.9. The Hall–Kier alpha value is -3.07. The van der Waals surface area contributed by atoms with E-state index < -0.39 is 11.1 Å². The number of carbonyl (C=O) groups excluding carboxylic acids is 1. The number of H-pyrrole nitrogens is 1. The van der Waals surface area contributed by atoms with Gasteiger partial charge in [0, 0.05) is 32.7 Å². The quantitative estimate of drug-likeness (QED) is 0.610. The lowest BCUT2D eigenvalue weighted by Crippen LogP contribution is -2.33. The number of hydrogen-bond acceptors (Lipinski definition) is 6. The summed E-state index contributed by atoms with van der Waals surface area (Å²) >= 11 is 0. The second-order valence-corrected chi connectivity index (χ2v) is 6.51. The summed E-state index contributed by atoms with van der Waals surface area (Å²) in [7, 11) is 1.44. The Balaban J connectivity index is 1.74. The molecule has 1 atom stereocenters. The van der Waals surface area contributed by atoms with Gasteiger partial charge in [-0.2, -0.15) is 0 Å². The highest BCUT2D eigenvalue weighted by Crippen LogP contribution is 2.41. The van der Waals surface area contributed by atoms with Gasteiger partial charge in [0.2, 0.25) is 5.75 Å². The van der Waals surface area contributed by atoms with Crippen LogP contribution < -0.4 is 21.2 Å². The summed E-state index contributed by atoms with van der Waals surface area (Å²) in [5.74, 6) is -0.0980. The first-order chi connectivity index (χ1) is 12.5. The normalized spacial score (nSPS) is 17.9. The van der Waals surface area contributed by atoms with Crippen molar-refractivity contribution in [3.63, 3.8) is 0 Å². The van der Waals surface area contributed by atoms with Crippen LogP contribution in [0.4, 0.5) is 11.4 Å². The van der Waals surface area contributed by atoms with E-state index in [0.29, 0.717) is 24.3 Å². The molecule has 26 heavy (non-hydrogen) atoms. The molecule has 2 aliphatic rings. The zero-order chi connectivity index (χ0) is 18.4. The van der Waals surface area contributed by atoms with Crippen LogP contribution in [0.3, 0.4) is 0 Å². The zero-order valence-electron chi connectivity index (χ0n) is 14.1. The van der Waals surface area contributed by atoms with Crippen molar-refractivity contribution in [1.29, 1.82) is 0 Å². The lowest BCUT2D eigenvalue weighted by molar-refractivity contribution is 0.0779. The van der Waals surface area contributed by atoms with Crippen LogP contribution in [0.5, 0.6) is 11.5 Å². The third-order valence-corrected chi connectivity index (χ3v) is 4.76. The molecule has 0 radical (unpaired) electrons. The van der Waals surface area contributed by atoms with E-state index in [-0.39, 0.29) is 35.6 Å². The number of likely N-dealkylation sites (tertiary alicyclic amines) is 1. The molecular weight excluding hydrogens is 340 g/mol. The summed E-state index contributed by atoms with van der Waals surface area (Å²) in [6.07, 6.45) is 0.745. The number of nitrogens with zero attached hydrogens (tertiary/aromatic N) is 2.